The first-order valence-electron chi connectivity index (χ1n) is 7.51. The van der Waals surface area contributed by atoms with E-state index in [4.69, 9.17) is 4.74 Å². The average Bonchev–Trinajstić information content (AvgIpc) is 3.02. The lowest BCUT2D eigenvalue weighted by atomic mass is 9.99. The molecule has 3 heteroatoms. The fourth-order valence-corrected chi connectivity index (χ4v) is 3.14. The highest BCUT2D eigenvalue weighted by molar-refractivity contribution is 5.79. The molecule has 20 heavy (non-hydrogen) atoms. The van der Waals surface area contributed by atoms with Gasteiger partial charge >= 0.3 is 0 Å². The Labute approximate surface area is 120 Å². The number of aromatic nitrogens is 1. The van der Waals surface area contributed by atoms with Crippen molar-refractivity contribution >= 4 is 10.9 Å². The zero-order chi connectivity index (χ0) is 13.8. The Hall–Kier alpha value is -1.61. The van der Waals surface area contributed by atoms with E-state index in [-0.39, 0.29) is 0 Å². The van der Waals surface area contributed by atoms with Crippen LogP contribution in [0.1, 0.15) is 25.7 Å². The van der Waals surface area contributed by atoms with Gasteiger partial charge in [0.1, 0.15) is 12.4 Å². The quantitative estimate of drug-likeness (QED) is 0.904. The third-order valence-corrected chi connectivity index (χ3v) is 4.35. The number of fused-ring (bicyclic) bond motifs is 1. The van der Waals surface area contributed by atoms with Gasteiger partial charge in [0.2, 0.25) is 0 Å². The molecule has 106 valence electrons. The van der Waals surface area contributed by atoms with Crippen LogP contribution < -0.4 is 10.1 Å². The molecule has 1 unspecified atom stereocenters. The largest absolute Gasteiger partial charge is 0.492 e. The fraction of sp³-hybridized carbons (Fsp3) is 0.471. The number of benzene rings is 1. The van der Waals surface area contributed by atoms with Crippen molar-refractivity contribution in [2.45, 2.75) is 31.7 Å². The van der Waals surface area contributed by atoms with Crippen molar-refractivity contribution in [3.8, 4) is 5.75 Å². The molecule has 1 heterocycles. The van der Waals surface area contributed by atoms with Gasteiger partial charge in [-0.05, 0) is 44.0 Å². The molecule has 1 aliphatic carbocycles. The van der Waals surface area contributed by atoms with Crippen molar-refractivity contribution in [3.05, 3.63) is 36.5 Å². The molecule has 1 N–H and O–H groups in total. The van der Waals surface area contributed by atoms with Crippen LogP contribution in [0.5, 0.6) is 5.75 Å². The van der Waals surface area contributed by atoms with Gasteiger partial charge in [0.15, 0.2) is 0 Å². The smallest absolute Gasteiger partial charge is 0.121 e. The molecule has 0 radical (unpaired) electrons. The highest BCUT2D eigenvalue weighted by Gasteiger charge is 2.24. The lowest BCUT2D eigenvalue weighted by molar-refractivity contribution is 0.225. The number of likely N-dealkylation sites (N-methyl/N-ethyl adjacent to an activating group) is 1. The third-order valence-electron chi connectivity index (χ3n) is 4.35. The van der Waals surface area contributed by atoms with Crippen molar-refractivity contribution in [1.82, 2.24) is 10.3 Å². The minimum Gasteiger partial charge on any atom is -0.492 e. The molecule has 0 bridgehead atoms. The molecule has 1 aromatic carbocycles. The lowest BCUT2D eigenvalue weighted by Gasteiger charge is -2.23. The van der Waals surface area contributed by atoms with Gasteiger partial charge in [-0.15, -0.1) is 0 Å². The van der Waals surface area contributed by atoms with Crippen LogP contribution in [0.2, 0.25) is 0 Å². The van der Waals surface area contributed by atoms with Gasteiger partial charge in [-0.2, -0.15) is 0 Å². The molecule has 1 aliphatic rings. The second-order valence-electron chi connectivity index (χ2n) is 5.61. The topological polar surface area (TPSA) is 34.1 Å². The summed E-state index contributed by atoms with van der Waals surface area (Å²) in [6.07, 6.45) is 7.20. The van der Waals surface area contributed by atoms with Gasteiger partial charge < -0.3 is 10.1 Å². The highest BCUT2D eigenvalue weighted by Crippen LogP contribution is 2.28. The second kappa shape index (κ2) is 6.23. The summed E-state index contributed by atoms with van der Waals surface area (Å²) in [6.45, 7) is 0.736. The summed E-state index contributed by atoms with van der Waals surface area (Å²) in [5, 5.41) is 4.56. The van der Waals surface area contributed by atoms with E-state index in [1.807, 2.05) is 31.4 Å². The Kier molecular flexibility index (Phi) is 4.16. The predicted molar refractivity (Wildman–Crippen MR) is 82.0 cm³/mol. The highest BCUT2D eigenvalue weighted by atomic mass is 16.5. The van der Waals surface area contributed by atoms with E-state index in [2.05, 4.69) is 22.4 Å². The number of nitrogens with one attached hydrogen (secondary N) is 1. The SMILES string of the molecule is CNC(COc1ccc2cccnc2c1)C1CCCC1. The minimum absolute atomic E-state index is 0.455. The molecule has 0 saturated heterocycles. The first kappa shape index (κ1) is 13.4. The van der Waals surface area contributed by atoms with E-state index in [9.17, 15) is 0 Å². The van der Waals surface area contributed by atoms with Crippen molar-refractivity contribution in [3.63, 3.8) is 0 Å². The van der Waals surface area contributed by atoms with E-state index >= 15 is 0 Å². The number of rotatable bonds is 5. The molecule has 1 saturated carbocycles. The molecule has 2 aromatic rings. The van der Waals surface area contributed by atoms with Crippen LogP contribution in [0.4, 0.5) is 0 Å². The molecule has 0 aliphatic heterocycles. The van der Waals surface area contributed by atoms with Crippen molar-refractivity contribution in [2.24, 2.45) is 5.92 Å². The van der Waals surface area contributed by atoms with Crippen LogP contribution in [-0.2, 0) is 0 Å². The maximum Gasteiger partial charge on any atom is 0.121 e. The Morgan fingerprint density at radius 1 is 1.30 bits per heavy atom. The van der Waals surface area contributed by atoms with Crippen LogP contribution in [0, 0.1) is 5.92 Å². The summed E-state index contributed by atoms with van der Waals surface area (Å²) in [4.78, 5) is 4.37. The van der Waals surface area contributed by atoms with Gasteiger partial charge in [0, 0.05) is 23.7 Å². The summed E-state index contributed by atoms with van der Waals surface area (Å²) in [5.41, 5.74) is 0.992. The molecule has 0 spiro atoms. The average molecular weight is 270 g/mol. The molecule has 1 aromatic heterocycles. The molecule has 0 amide bonds. The molecule has 1 fully saturated rings. The van der Waals surface area contributed by atoms with Gasteiger partial charge in [-0.25, -0.2) is 0 Å². The minimum atomic E-state index is 0.455. The molecule has 3 nitrogen and oxygen atoms in total. The van der Waals surface area contributed by atoms with Crippen LogP contribution in [-0.4, -0.2) is 24.7 Å². The van der Waals surface area contributed by atoms with Crippen LogP contribution in [0.3, 0.4) is 0 Å². The Morgan fingerprint density at radius 2 is 2.15 bits per heavy atom. The summed E-state index contributed by atoms with van der Waals surface area (Å²) >= 11 is 0. The van der Waals surface area contributed by atoms with E-state index in [0.29, 0.717) is 6.04 Å². The molecule has 3 rings (SSSR count). The predicted octanol–water partition coefficient (Wildman–Crippen LogP) is 3.39. The maximum absolute atomic E-state index is 5.98. The summed E-state index contributed by atoms with van der Waals surface area (Å²) < 4.78 is 5.98. The van der Waals surface area contributed by atoms with E-state index in [1.165, 1.54) is 25.7 Å². The number of ether oxygens (including phenoxy) is 1. The zero-order valence-corrected chi connectivity index (χ0v) is 12.0. The first-order chi connectivity index (χ1) is 9.86. The Bertz CT molecular complexity index is 564. The maximum atomic E-state index is 5.98. The zero-order valence-electron chi connectivity index (χ0n) is 12.0. The number of hydrogen-bond acceptors (Lipinski definition) is 3. The standard InChI is InChI=1S/C17H22N2O/c1-18-17(13-5-2-3-6-13)12-20-15-9-8-14-7-4-10-19-16(14)11-15/h4,7-11,13,17-18H,2-3,5-6,12H2,1H3. The normalized spacial score (nSPS) is 17.4. The Morgan fingerprint density at radius 3 is 2.95 bits per heavy atom. The first-order valence-corrected chi connectivity index (χ1v) is 7.51. The number of pyridine rings is 1. The van der Waals surface area contributed by atoms with Crippen LogP contribution in [0.25, 0.3) is 10.9 Å². The van der Waals surface area contributed by atoms with E-state index < -0.39 is 0 Å². The summed E-state index contributed by atoms with van der Waals surface area (Å²) in [7, 11) is 2.04. The van der Waals surface area contributed by atoms with E-state index in [1.54, 1.807) is 0 Å². The molecular formula is C17H22N2O. The van der Waals surface area contributed by atoms with Gasteiger partial charge in [-0.3, -0.25) is 4.98 Å². The van der Waals surface area contributed by atoms with Crippen LogP contribution in [0.15, 0.2) is 36.5 Å². The monoisotopic (exact) mass is 270 g/mol. The van der Waals surface area contributed by atoms with Gasteiger partial charge in [0.05, 0.1) is 5.52 Å². The second-order valence-corrected chi connectivity index (χ2v) is 5.61. The fourth-order valence-electron chi connectivity index (χ4n) is 3.14. The van der Waals surface area contributed by atoms with E-state index in [0.717, 1.165) is 29.2 Å². The van der Waals surface area contributed by atoms with Gasteiger partial charge in [0.25, 0.3) is 0 Å². The third kappa shape index (κ3) is 2.93. The molecule has 1 atom stereocenters. The van der Waals surface area contributed by atoms with Crippen molar-refractivity contribution in [2.75, 3.05) is 13.7 Å². The van der Waals surface area contributed by atoms with Gasteiger partial charge in [-0.1, -0.05) is 18.9 Å². The molecular weight excluding hydrogens is 248 g/mol. The number of hydrogen-bond donors (Lipinski definition) is 1. The number of nitrogens with zero attached hydrogens (tertiary/aromatic N) is 1. The van der Waals surface area contributed by atoms with Crippen molar-refractivity contribution in [1.29, 1.82) is 0 Å². The van der Waals surface area contributed by atoms with Crippen LogP contribution >= 0.6 is 0 Å². The van der Waals surface area contributed by atoms with Crippen molar-refractivity contribution < 1.29 is 4.74 Å². The Balaban J connectivity index is 1.66. The summed E-state index contributed by atoms with van der Waals surface area (Å²) in [6, 6.07) is 10.6. The lowest BCUT2D eigenvalue weighted by Crippen LogP contribution is -2.37. The summed E-state index contributed by atoms with van der Waals surface area (Å²) in [5.74, 6) is 1.67.